The molecule has 3 rings (SSSR count). The molecule has 9 heteroatoms. The zero-order valence-corrected chi connectivity index (χ0v) is 17.0. The zero-order valence-electron chi connectivity index (χ0n) is 16.2. The first-order valence-electron chi connectivity index (χ1n) is 8.65. The average molecular weight is 412 g/mol. The number of rotatable bonds is 6. The molecule has 1 aliphatic heterocycles. The summed E-state index contributed by atoms with van der Waals surface area (Å²) in [5.74, 6) is -1.40. The van der Waals surface area contributed by atoms with Crippen LogP contribution in [0, 0.1) is 12.8 Å². The van der Waals surface area contributed by atoms with Gasteiger partial charge in [-0.2, -0.15) is 5.10 Å². The maximum absolute atomic E-state index is 12.4. The maximum atomic E-state index is 12.4. The largest absolute Gasteiger partial charge is 0.466 e. The minimum absolute atomic E-state index is 0.0527. The summed E-state index contributed by atoms with van der Waals surface area (Å²) >= 11 is 1.37. The Bertz CT molecular complexity index is 898. The number of carbonyl (C=O) groups excluding carboxylic acids is 2. The van der Waals surface area contributed by atoms with Crippen LogP contribution in [0.15, 0.2) is 69.6 Å². The molecule has 0 bridgehead atoms. The molecular weight excluding hydrogens is 392 g/mol. The predicted octanol–water partition coefficient (Wildman–Crippen LogP) is 2.18. The minimum Gasteiger partial charge on any atom is -0.466 e. The third-order valence-corrected chi connectivity index (χ3v) is 4.77. The average Bonchev–Trinajstić information content (AvgIpc) is 3.49. The van der Waals surface area contributed by atoms with Crippen LogP contribution in [0.25, 0.3) is 0 Å². The smallest absolute Gasteiger partial charge is 0.356 e. The first kappa shape index (κ1) is 20.7. The molecule has 0 aromatic carbocycles. The van der Waals surface area contributed by atoms with E-state index in [1.807, 2.05) is 55.6 Å². The van der Waals surface area contributed by atoms with Gasteiger partial charge in [0.25, 0.3) is 0 Å². The summed E-state index contributed by atoms with van der Waals surface area (Å²) in [5.41, 5.74) is 1.73. The molecule has 150 valence electrons. The van der Waals surface area contributed by atoms with Crippen molar-refractivity contribution < 1.29 is 19.1 Å². The minimum atomic E-state index is -0.710. The quantitative estimate of drug-likeness (QED) is 0.376. The molecule has 0 aromatic rings. The number of hydrazone groups is 2. The highest BCUT2D eigenvalue weighted by Crippen LogP contribution is 2.33. The number of hydrogen-bond acceptors (Lipinski definition) is 9. The number of amidine groups is 1. The van der Waals surface area contributed by atoms with E-state index in [1.165, 1.54) is 31.0 Å². The van der Waals surface area contributed by atoms with Crippen molar-refractivity contribution >= 4 is 35.1 Å². The van der Waals surface area contributed by atoms with Gasteiger partial charge in [-0.1, -0.05) is 48.2 Å². The maximum Gasteiger partial charge on any atom is 0.356 e. The number of thioether (sulfide) groups is 1. The van der Waals surface area contributed by atoms with Gasteiger partial charge in [0.15, 0.2) is 11.9 Å². The number of esters is 2. The molecule has 1 heterocycles. The fourth-order valence-corrected chi connectivity index (χ4v) is 3.28. The standard InChI is InChI=1S/C20H20N4O4S/c1-27-17(25)12-16(19(26)28-2)23-18(15-10-6-7-11-15)24(20(22-23)29-3)21-13-14-8-4-5-9-14/h4-13,18H,1-3H3/b16-12+,21-13+. The van der Waals surface area contributed by atoms with Gasteiger partial charge in [-0.15, -0.1) is 5.10 Å². The second-order valence-electron chi connectivity index (χ2n) is 5.87. The Kier molecular flexibility index (Phi) is 6.71. The van der Waals surface area contributed by atoms with Crippen LogP contribution in [0.1, 0.15) is 0 Å². The van der Waals surface area contributed by atoms with Gasteiger partial charge in [0, 0.05) is 12.8 Å². The van der Waals surface area contributed by atoms with Crippen LogP contribution in [-0.2, 0) is 19.1 Å². The Balaban J connectivity index is 2.04. The SMILES string of the molecule is COC(=O)/C=C(\C(=O)OC)N1N=C(SC)N(/N=C/C2=C[CH]C=C2)C1C1=C[CH]C=C1. The topological polar surface area (TPSA) is 83.8 Å². The van der Waals surface area contributed by atoms with Crippen molar-refractivity contribution in [2.75, 3.05) is 20.5 Å². The number of methoxy groups -OCH3 is 2. The molecule has 2 radical (unpaired) electrons. The summed E-state index contributed by atoms with van der Waals surface area (Å²) in [6.45, 7) is 0. The van der Waals surface area contributed by atoms with E-state index in [0.29, 0.717) is 5.17 Å². The van der Waals surface area contributed by atoms with Crippen LogP contribution in [0.5, 0.6) is 0 Å². The third kappa shape index (κ3) is 4.51. The lowest BCUT2D eigenvalue weighted by atomic mass is 10.2. The Morgan fingerprint density at radius 1 is 1.17 bits per heavy atom. The Labute approximate surface area is 173 Å². The Morgan fingerprint density at radius 3 is 2.52 bits per heavy atom. The lowest BCUT2D eigenvalue weighted by molar-refractivity contribution is -0.140. The van der Waals surface area contributed by atoms with Crippen molar-refractivity contribution in [3.63, 3.8) is 0 Å². The van der Waals surface area contributed by atoms with Crippen molar-refractivity contribution in [1.29, 1.82) is 0 Å². The van der Waals surface area contributed by atoms with Crippen molar-refractivity contribution in [3.05, 3.63) is 72.2 Å². The number of allylic oxidation sites excluding steroid dienone is 6. The van der Waals surface area contributed by atoms with Gasteiger partial charge in [-0.3, -0.25) is 0 Å². The molecule has 29 heavy (non-hydrogen) atoms. The summed E-state index contributed by atoms with van der Waals surface area (Å²) in [7, 11) is 2.48. The molecule has 0 amide bonds. The zero-order chi connectivity index (χ0) is 20.8. The monoisotopic (exact) mass is 412 g/mol. The number of carbonyl (C=O) groups is 2. The number of hydrogen-bond donors (Lipinski definition) is 0. The van der Waals surface area contributed by atoms with E-state index in [4.69, 9.17) is 9.47 Å². The predicted molar refractivity (Wildman–Crippen MR) is 112 cm³/mol. The second-order valence-corrected chi connectivity index (χ2v) is 6.65. The van der Waals surface area contributed by atoms with Crippen LogP contribution in [-0.4, -0.2) is 60.0 Å². The van der Waals surface area contributed by atoms with Gasteiger partial charge in [0.2, 0.25) is 5.17 Å². The molecule has 0 saturated heterocycles. The summed E-state index contributed by atoms with van der Waals surface area (Å²) in [5, 5.41) is 12.8. The first-order valence-corrected chi connectivity index (χ1v) is 9.87. The van der Waals surface area contributed by atoms with Gasteiger partial charge in [-0.05, 0) is 17.4 Å². The lowest BCUT2D eigenvalue weighted by Gasteiger charge is -2.29. The fraction of sp³-hybridized carbons (Fsp3) is 0.200. The van der Waals surface area contributed by atoms with Gasteiger partial charge in [0.1, 0.15) is 0 Å². The lowest BCUT2D eigenvalue weighted by Crippen LogP contribution is -2.41. The van der Waals surface area contributed by atoms with E-state index in [0.717, 1.165) is 17.2 Å². The van der Waals surface area contributed by atoms with Crippen LogP contribution < -0.4 is 0 Å². The summed E-state index contributed by atoms with van der Waals surface area (Å²) in [4.78, 5) is 24.3. The van der Waals surface area contributed by atoms with Crippen LogP contribution in [0.3, 0.4) is 0 Å². The van der Waals surface area contributed by atoms with Gasteiger partial charge in [-0.25, -0.2) is 19.6 Å². The van der Waals surface area contributed by atoms with Crippen LogP contribution in [0.4, 0.5) is 0 Å². The van der Waals surface area contributed by atoms with Crippen molar-refractivity contribution in [2.24, 2.45) is 10.2 Å². The summed E-state index contributed by atoms with van der Waals surface area (Å²) in [6.07, 6.45) is 19.3. The molecule has 1 atom stereocenters. The van der Waals surface area contributed by atoms with E-state index in [9.17, 15) is 9.59 Å². The van der Waals surface area contributed by atoms with Gasteiger partial charge < -0.3 is 9.47 Å². The normalized spacial score (nSPS) is 21.0. The first-order chi connectivity index (χ1) is 14.1. The number of nitrogens with zero attached hydrogens (tertiary/aromatic N) is 4. The molecule has 0 spiro atoms. The van der Waals surface area contributed by atoms with E-state index in [2.05, 4.69) is 10.2 Å². The van der Waals surface area contributed by atoms with Crippen LogP contribution in [0.2, 0.25) is 0 Å². The fourth-order valence-electron chi connectivity index (χ4n) is 2.77. The highest BCUT2D eigenvalue weighted by Gasteiger charge is 2.40. The molecular formula is C20H20N4O4S. The van der Waals surface area contributed by atoms with Crippen molar-refractivity contribution in [2.45, 2.75) is 6.17 Å². The molecule has 8 nitrogen and oxygen atoms in total. The van der Waals surface area contributed by atoms with Crippen LogP contribution >= 0.6 is 11.8 Å². The highest BCUT2D eigenvalue weighted by molar-refractivity contribution is 8.13. The number of ether oxygens (including phenoxy) is 2. The molecule has 0 N–H and O–H groups in total. The Hall–Kier alpha value is -3.07. The van der Waals surface area contributed by atoms with Crippen molar-refractivity contribution in [3.8, 4) is 0 Å². The van der Waals surface area contributed by atoms with E-state index in [-0.39, 0.29) is 5.70 Å². The van der Waals surface area contributed by atoms with E-state index in [1.54, 1.807) is 11.2 Å². The molecule has 0 fully saturated rings. The van der Waals surface area contributed by atoms with Crippen molar-refractivity contribution in [1.82, 2.24) is 10.0 Å². The highest BCUT2D eigenvalue weighted by atomic mass is 32.2. The molecule has 2 aliphatic carbocycles. The second kappa shape index (κ2) is 9.42. The summed E-state index contributed by atoms with van der Waals surface area (Å²) < 4.78 is 9.56. The Morgan fingerprint density at radius 2 is 1.93 bits per heavy atom. The molecule has 0 aromatic heterocycles. The molecule has 3 aliphatic rings. The van der Waals surface area contributed by atoms with E-state index >= 15 is 0 Å². The molecule has 1 unspecified atom stereocenters. The van der Waals surface area contributed by atoms with Gasteiger partial charge in [0.05, 0.1) is 26.5 Å². The van der Waals surface area contributed by atoms with Gasteiger partial charge >= 0.3 is 11.9 Å². The third-order valence-electron chi connectivity index (χ3n) is 4.14. The summed E-state index contributed by atoms with van der Waals surface area (Å²) in [6, 6.07) is 0. The van der Waals surface area contributed by atoms with E-state index < -0.39 is 18.1 Å². The molecule has 0 saturated carbocycles.